The maximum atomic E-state index is 11.8. The highest BCUT2D eigenvalue weighted by Crippen LogP contribution is 2.22. The number of hydrogen-bond donors (Lipinski definition) is 0. The Morgan fingerprint density at radius 3 is 2.79 bits per heavy atom. The topological polar surface area (TPSA) is 76.6 Å². The van der Waals surface area contributed by atoms with Gasteiger partial charge < -0.3 is 9.25 Å². The Kier molecular flexibility index (Phi) is 6.41. The van der Waals surface area contributed by atoms with E-state index in [9.17, 15) is 4.79 Å². The molecule has 0 unspecified atom stereocenters. The minimum atomic E-state index is -0.364. The van der Waals surface area contributed by atoms with Crippen molar-refractivity contribution in [3.8, 4) is 0 Å². The molecule has 3 aromatic rings. The third-order valence-corrected chi connectivity index (χ3v) is 4.34. The van der Waals surface area contributed by atoms with E-state index in [4.69, 9.17) is 14.1 Å². The number of furan rings is 1. The summed E-state index contributed by atoms with van der Waals surface area (Å²) >= 11 is 0. The lowest BCUT2D eigenvalue weighted by atomic mass is 10.2. The second-order valence-electron chi connectivity index (χ2n) is 6.51. The van der Waals surface area contributed by atoms with Crippen LogP contribution in [0.3, 0.4) is 0 Å². The summed E-state index contributed by atoms with van der Waals surface area (Å²) in [5.74, 6) is 0.294. The van der Waals surface area contributed by atoms with Crippen LogP contribution in [0, 0.1) is 6.92 Å². The van der Waals surface area contributed by atoms with Crippen molar-refractivity contribution >= 4 is 34.5 Å². The molecule has 1 amide bonds. The first-order valence-corrected chi connectivity index (χ1v) is 9.09. The zero-order chi connectivity index (χ0) is 20.8. The molecule has 7 heteroatoms. The fourth-order valence-corrected chi connectivity index (χ4v) is 2.64. The van der Waals surface area contributed by atoms with Crippen LogP contribution in [0.25, 0.3) is 11.0 Å². The average Bonchev–Trinajstić information content (AvgIpc) is 3.15. The van der Waals surface area contributed by atoms with Crippen LogP contribution >= 0.6 is 0 Å². The molecule has 2 aromatic carbocycles. The van der Waals surface area contributed by atoms with Gasteiger partial charge in [0.2, 0.25) is 0 Å². The molecule has 0 atom stereocenters. The lowest BCUT2D eigenvalue weighted by Gasteiger charge is -2.10. The molecule has 0 bridgehead atoms. The fourth-order valence-electron chi connectivity index (χ4n) is 2.64. The average molecular weight is 393 g/mol. The number of oxime groups is 1. The van der Waals surface area contributed by atoms with Crippen molar-refractivity contribution in [2.45, 2.75) is 20.5 Å². The maximum Gasteiger partial charge on any atom is 0.288 e. The molecule has 0 aliphatic rings. The van der Waals surface area contributed by atoms with Crippen LogP contribution < -0.4 is 0 Å². The third-order valence-electron chi connectivity index (χ3n) is 4.34. The van der Waals surface area contributed by atoms with Crippen molar-refractivity contribution in [2.75, 3.05) is 14.2 Å². The minimum Gasteiger partial charge on any atom is -0.455 e. The summed E-state index contributed by atoms with van der Waals surface area (Å²) in [6, 6.07) is 15.3. The van der Waals surface area contributed by atoms with Gasteiger partial charge in [0, 0.05) is 18.0 Å². The van der Waals surface area contributed by atoms with Crippen molar-refractivity contribution in [2.24, 2.45) is 10.1 Å². The number of fused-ring (bicyclic) bond motifs is 1. The Bertz CT molecular complexity index is 1070. The lowest BCUT2D eigenvalue weighted by molar-refractivity contribution is -0.159. The SMILES string of the molecule is CON(C)C(=O)C=Nc1ccccc1CON=C(C)c1cc2cc(C)ccc2o1. The summed E-state index contributed by atoms with van der Waals surface area (Å²) in [5.41, 5.74) is 4.04. The Hall–Kier alpha value is -3.45. The Labute approximate surface area is 169 Å². The molecule has 0 saturated carbocycles. The number of hydrogen-bond acceptors (Lipinski definition) is 6. The van der Waals surface area contributed by atoms with E-state index in [1.165, 1.54) is 25.9 Å². The number of aryl methyl sites for hydroxylation is 1. The first kappa shape index (κ1) is 20.3. The Morgan fingerprint density at radius 2 is 2.00 bits per heavy atom. The van der Waals surface area contributed by atoms with E-state index >= 15 is 0 Å². The van der Waals surface area contributed by atoms with Gasteiger partial charge in [-0.1, -0.05) is 35.0 Å². The van der Waals surface area contributed by atoms with E-state index < -0.39 is 0 Å². The highest BCUT2D eigenvalue weighted by atomic mass is 16.7. The van der Waals surface area contributed by atoms with Crippen LogP contribution in [0.1, 0.15) is 23.8 Å². The number of hydroxylamine groups is 2. The molecule has 0 aliphatic heterocycles. The van der Waals surface area contributed by atoms with Crippen molar-refractivity contribution in [3.05, 3.63) is 65.4 Å². The van der Waals surface area contributed by atoms with E-state index in [0.29, 0.717) is 17.2 Å². The number of nitrogens with zero attached hydrogens (tertiary/aromatic N) is 3. The van der Waals surface area contributed by atoms with E-state index in [1.807, 2.05) is 50.2 Å². The highest BCUT2D eigenvalue weighted by Gasteiger charge is 2.08. The molecule has 0 radical (unpaired) electrons. The summed E-state index contributed by atoms with van der Waals surface area (Å²) < 4.78 is 5.82. The molecule has 150 valence electrons. The Balaban J connectivity index is 1.69. The number of carbonyl (C=O) groups is 1. The van der Waals surface area contributed by atoms with Gasteiger partial charge in [0.15, 0.2) is 5.76 Å². The maximum absolute atomic E-state index is 11.8. The molecule has 29 heavy (non-hydrogen) atoms. The predicted molar refractivity (Wildman–Crippen MR) is 112 cm³/mol. The first-order chi connectivity index (χ1) is 14.0. The molecular formula is C22H23N3O4. The van der Waals surface area contributed by atoms with Crippen molar-refractivity contribution in [1.29, 1.82) is 0 Å². The number of benzene rings is 2. The van der Waals surface area contributed by atoms with Gasteiger partial charge >= 0.3 is 0 Å². The normalized spacial score (nSPS) is 11.9. The number of aliphatic imine (C=N–C) groups is 1. The van der Waals surface area contributed by atoms with Crippen LogP contribution in [0.5, 0.6) is 0 Å². The lowest BCUT2D eigenvalue weighted by Crippen LogP contribution is -2.26. The smallest absolute Gasteiger partial charge is 0.288 e. The van der Waals surface area contributed by atoms with E-state index in [2.05, 4.69) is 16.2 Å². The van der Waals surface area contributed by atoms with Crippen molar-refractivity contribution in [3.63, 3.8) is 0 Å². The van der Waals surface area contributed by atoms with Gasteiger partial charge in [-0.3, -0.25) is 14.6 Å². The van der Waals surface area contributed by atoms with Gasteiger partial charge in [-0.15, -0.1) is 0 Å². The van der Waals surface area contributed by atoms with Crippen LogP contribution in [0.15, 0.2) is 63.1 Å². The molecule has 0 saturated heterocycles. The molecular weight excluding hydrogens is 370 g/mol. The summed E-state index contributed by atoms with van der Waals surface area (Å²) in [6.45, 7) is 4.07. The Morgan fingerprint density at radius 1 is 1.21 bits per heavy atom. The third kappa shape index (κ3) is 5.08. The standard InChI is InChI=1S/C22H23N3O4/c1-15-9-10-20-18(11-15)12-21(29-20)16(2)24-28-14-17-7-5-6-8-19(17)23-13-22(26)25(3)27-4/h5-13H,14H2,1-4H3. The first-order valence-electron chi connectivity index (χ1n) is 9.09. The van der Waals surface area contributed by atoms with Crippen LogP contribution in [0.2, 0.25) is 0 Å². The number of para-hydroxylation sites is 1. The second-order valence-corrected chi connectivity index (χ2v) is 6.51. The fraction of sp³-hybridized carbons (Fsp3) is 0.227. The van der Waals surface area contributed by atoms with Gasteiger partial charge in [0.05, 0.1) is 19.0 Å². The van der Waals surface area contributed by atoms with Gasteiger partial charge in [-0.05, 0) is 38.1 Å². The summed E-state index contributed by atoms with van der Waals surface area (Å²) in [6.07, 6.45) is 1.20. The van der Waals surface area contributed by atoms with Crippen molar-refractivity contribution < 1.29 is 18.9 Å². The molecule has 0 N–H and O–H groups in total. The zero-order valence-corrected chi connectivity index (χ0v) is 16.9. The largest absolute Gasteiger partial charge is 0.455 e. The van der Waals surface area contributed by atoms with Gasteiger partial charge in [0.1, 0.15) is 17.9 Å². The molecule has 0 aliphatic carbocycles. The van der Waals surface area contributed by atoms with E-state index in [-0.39, 0.29) is 12.5 Å². The highest BCUT2D eigenvalue weighted by molar-refractivity contribution is 6.26. The van der Waals surface area contributed by atoms with Crippen LogP contribution in [-0.2, 0) is 21.1 Å². The van der Waals surface area contributed by atoms with Gasteiger partial charge in [-0.25, -0.2) is 5.06 Å². The molecule has 1 heterocycles. The quantitative estimate of drug-likeness (QED) is 0.440. The molecule has 0 fully saturated rings. The summed E-state index contributed by atoms with van der Waals surface area (Å²) in [4.78, 5) is 26.4. The van der Waals surface area contributed by atoms with Crippen LogP contribution in [0.4, 0.5) is 5.69 Å². The molecule has 0 spiro atoms. The minimum absolute atomic E-state index is 0.207. The second kappa shape index (κ2) is 9.16. The number of rotatable bonds is 7. The summed E-state index contributed by atoms with van der Waals surface area (Å²) in [7, 11) is 2.93. The zero-order valence-electron chi connectivity index (χ0n) is 16.9. The van der Waals surface area contributed by atoms with E-state index in [0.717, 1.165) is 21.6 Å². The summed E-state index contributed by atoms with van der Waals surface area (Å²) in [5, 5.41) is 6.28. The number of carbonyl (C=O) groups excluding carboxylic acids is 1. The van der Waals surface area contributed by atoms with Gasteiger partial charge in [0.25, 0.3) is 5.91 Å². The molecule has 1 aromatic heterocycles. The monoisotopic (exact) mass is 393 g/mol. The predicted octanol–water partition coefficient (Wildman–Crippen LogP) is 4.40. The van der Waals surface area contributed by atoms with Gasteiger partial charge in [-0.2, -0.15) is 0 Å². The van der Waals surface area contributed by atoms with Crippen molar-refractivity contribution in [1.82, 2.24) is 5.06 Å². The number of amides is 1. The van der Waals surface area contributed by atoms with Crippen LogP contribution in [-0.4, -0.2) is 37.1 Å². The molecule has 3 rings (SSSR count). The van der Waals surface area contributed by atoms with E-state index in [1.54, 1.807) is 6.07 Å². The molecule has 7 nitrogen and oxygen atoms in total.